The zero-order valence-electron chi connectivity index (χ0n) is 11.0. The maximum absolute atomic E-state index is 5.54. The Bertz CT molecular complexity index is 571. The summed E-state index contributed by atoms with van der Waals surface area (Å²) in [6.07, 6.45) is 5.74. The van der Waals surface area contributed by atoms with Gasteiger partial charge in [-0.3, -0.25) is 4.98 Å². The fraction of sp³-hybridized carbons (Fsp3) is 0.333. The van der Waals surface area contributed by atoms with E-state index >= 15 is 0 Å². The molecular weight excluding hydrogens is 238 g/mol. The molecule has 2 heterocycles. The summed E-state index contributed by atoms with van der Waals surface area (Å²) in [5.74, 6) is 0.661. The number of hydrogen-bond acceptors (Lipinski definition) is 4. The summed E-state index contributed by atoms with van der Waals surface area (Å²) >= 11 is 0. The Hall–Kier alpha value is -2.10. The molecule has 2 aromatic heterocycles. The Morgan fingerprint density at radius 2 is 2.11 bits per heavy atom. The maximum atomic E-state index is 5.54. The summed E-state index contributed by atoms with van der Waals surface area (Å²) in [6.45, 7) is 2.58. The zero-order valence-corrected chi connectivity index (χ0v) is 11.0. The van der Waals surface area contributed by atoms with Crippen LogP contribution in [0.4, 0.5) is 5.69 Å². The molecule has 0 aliphatic heterocycles. The van der Waals surface area contributed by atoms with E-state index in [1.54, 1.807) is 6.20 Å². The lowest BCUT2D eigenvalue weighted by Gasteiger charge is -2.16. The van der Waals surface area contributed by atoms with Crippen molar-refractivity contribution in [2.75, 3.05) is 11.9 Å². The third-order valence-corrected chi connectivity index (χ3v) is 3.34. The highest BCUT2D eigenvalue weighted by Gasteiger charge is 2.24. The summed E-state index contributed by atoms with van der Waals surface area (Å²) in [5.41, 5.74) is 3.42. The van der Waals surface area contributed by atoms with Crippen LogP contribution in [0.15, 0.2) is 36.7 Å². The highest BCUT2D eigenvalue weighted by molar-refractivity contribution is 5.54. The Labute approximate surface area is 112 Å². The minimum absolute atomic E-state index is 0.250. The highest BCUT2D eigenvalue weighted by Crippen LogP contribution is 2.34. The maximum Gasteiger partial charge on any atom is 0.237 e. The predicted octanol–water partition coefficient (Wildman–Crippen LogP) is 2.97. The zero-order chi connectivity index (χ0) is 13.1. The van der Waals surface area contributed by atoms with E-state index in [0.29, 0.717) is 12.5 Å². The van der Waals surface area contributed by atoms with Gasteiger partial charge in [0.15, 0.2) is 0 Å². The van der Waals surface area contributed by atoms with Gasteiger partial charge in [-0.25, -0.2) is 4.98 Å². The van der Waals surface area contributed by atoms with Gasteiger partial charge < -0.3 is 10.1 Å². The first-order valence-electron chi connectivity index (χ1n) is 6.66. The average Bonchev–Trinajstić information content (AvgIpc) is 2.85. The number of fused-ring (bicyclic) bond motifs is 1. The van der Waals surface area contributed by atoms with E-state index in [1.807, 2.05) is 31.3 Å². The van der Waals surface area contributed by atoms with Crippen molar-refractivity contribution in [2.24, 2.45) is 0 Å². The minimum atomic E-state index is 0.250. The molecule has 1 unspecified atom stereocenters. The molecule has 98 valence electrons. The minimum Gasteiger partial charge on any atom is -0.476 e. The van der Waals surface area contributed by atoms with Crippen LogP contribution < -0.4 is 10.1 Å². The lowest BCUT2D eigenvalue weighted by Crippen LogP contribution is -2.10. The number of hydrogen-bond donors (Lipinski definition) is 1. The van der Waals surface area contributed by atoms with Gasteiger partial charge in [-0.05, 0) is 43.5 Å². The van der Waals surface area contributed by atoms with E-state index in [9.17, 15) is 0 Å². The van der Waals surface area contributed by atoms with E-state index in [4.69, 9.17) is 4.74 Å². The smallest absolute Gasteiger partial charge is 0.237 e. The lowest BCUT2D eigenvalue weighted by molar-refractivity contribution is 0.328. The fourth-order valence-electron chi connectivity index (χ4n) is 2.49. The van der Waals surface area contributed by atoms with Crippen molar-refractivity contribution in [1.82, 2.24) is 9.97 Å². The van der Waals surface area contributed by atoms with Crippen LogP contribution in [0.25, 0.3) is 0 Å². The molecule has 0 saturated heterocycles. The molecule has 0 fully saturated rings. The molecule has 0 saturated carbocycles. The van der Waals surface area contributed by atoms with Gasteiger partial charge >= 0.3 is 0 Å². The van der Waals surface area contributed by atoms with Gasteiger partial charge in [0.05, 0.1) is 24.0 Å². The van der Waals surface area contributed by atoms with Crippen molar-refractivity contribution in [1.29, 1.82) is 0 Å². The van der Waals surface area contributed by atoms with Crippen LogP contribution in [-0.4, -0.2) is 16.6 Å². The van der Waals surface area contributed by atoms with Gasteiger partial charge in [-0.15, -0.1) is 0 Å². The second-order valence-electron chi connectivity index (χ2n) is 4.57. The molecule has 4 heteroatoms. The van der Waals surface area contributed by atoms with Gasteiger partial charge in [0.25, 0.3) is 0 Å². The Balaban J connectivity index is 1.83. The summed E-state index contributed by atoms with van der Waals surface area (Å²) < 4.78 is 5.54. The second-order valence-corrected chi connectivity index (χ2v) is 4.57. The van der Waals surface area contributed by atoms with E-state index < -0.39 is 0 Å². The first-order valence-corrected chi connectivity index (χ1v) is 6.66. The molecule has 0 radical (unpaired) electrons. The van der Waals surface area contributed by atoms with Crippen LogP contribution in [0.1, 0.15) is 30.6 Å². The van der Waals surface area contributed by atoms with Gasteiger partial charge in [0.1, 0.15) is 0 Å². The Morgan fingerprint density at radius 3 is 3.00 bits per heavy atom. The number of ether oxygens (including phenoxy) is 1. The summed E-state index contributed by atoms with van der Waals surface area (Å²) in [5, 5.41) is 3.50. The van der Waals surface area contributed by atoms with E-state index in [1.165, 1.54) is 5.56 Å². The highest BCUT2D eigenvalue weighted by atomic mass is 16.5. The summed E-state index contributed by atoms with van der Waals surface area (Å²) in [4.78, 5) is 8.75. The Morgan fingerprint density at radius 1 is 1.26 bits per heavy atom. The van der Waals surface area contributed by atoms with Crippen LogP contribution in [0.5, 0.6) is 5.88 Å². The lowest BCUT2D eigenvalue weighted by atomic mass is 10.2. The first-order chi connectivity index (χ1) is 9.38. The largest absolute Gasteiger partial charge is 0.476 e. The summed E-state index contributed by atoms with van der Waals surface area (Å²) in [6, 6.07) is 8.31. The molecular formula is C15H17N3O. The van der Waals surface area contributed by atoms with Crippen molar-refractivity contribution >= 4 is 5.69 Å². The molecule has 0 bridgehead atoms. The second kappa shape index (κ2) is 5.26. The molecule has 2 aromatic rings. The van der Waals surface area contributed by atoms with Crippen molar-refractivity contribution in [2.45, 2.75) is 25.8 Å². The van der Waals surface area contributed by atoms with Gasteiger partial charge in [-0.1, -0.05) is 6.07 Å². The first kappa shape index (κ1) is 12.0. The van der Waals surface area contributed by atoms with Crippen LogP contribution in [0.3, 0.4) is 0 Å². The van der Waals surface area contributed by atoms with E-state index in [-0.39, 0.29) is 6.04 Å². The van der Waals surface area contributed by atoms with Crippen molar-refractivity contribution in [3.05, 3.63) is 47.9 Å². The Kier molecular flexibility index (Phi) is 3.31. The van der Waals surface area contributed by atoms with Gasteiger partial charge in [0, 0.05) is 12.4 Å². The number of rotatable bonds is 4. The number of pyridine rings is 2. The van der Waals surface area contributed by atoms with Crippen LogP contribution >= 0.6 is 0 Å². The van der Waals surface area contributed by atoms with E-state index in [2.05, 4.69) is 21.4 Å². The van der Waals surface area contributed by atoms with E-state index in [0.717, 1.165) is 24.2 Å². The van der Waals surface area contributed by atoms with Crippen molar-refractivity contribution in [3.8, 4) is 5.88 Å². The quantitative estimate of drug-likeness (QED) is 0.912. The fourth-order valence-corrected chi connectivity index (χ4v) is 2.49. The molecule has 0 aromatic carbocycles. The van der Waals surface area contributed by atoms with Crippen LogP contribution in [0.2, 0.25) is 0 Å². The molecule has 1 atom stereocenters. The number of nitrogens with one attached hydrogen (secondary N) is 1. The topological polar surface area (TPSA) is 47.0 Å². The molecule has 19 heavy (non-hydrogen) atoms. The number of aromatic nitrogens is 2. The SMILES string of the molecule is CCOc1ncccc1NC1CCc2cccnc21. The van der Waals surface area contributed by atoms with Gasteiger partial charge in [-0.2, -0.15) is 0 Å². The third kappa shape index (κ3) is 2.38. The van der Waals surface area contributed by atoms with Crippen LogP contribution in [0, 0.1) is 0 Å². The molecule has 1 N–H and O–H groups in total. The normalized spacial score (nSPS) is 17.0. The van der Waals surface area contributed by atoms with Gasteiger partial charge in [0.2, 0.25) is 5.88 Å². The van der Waals surface area contributed by atoms with Crippen molar-refractivity contribution < 1.29 is 4.74 Å². The summed E-state index contributed by atoms with van der Waals surface area (Å²) in [7, 11) is 0. The molecule has 0 spiro atoms. The number of nitrogens with zero attached hydrogens (tertiary/aromatic N) is 2. The monoisotopic (exact) mass is 255 g/mol. The van der Waals surface area contributed by atoms with Crippen LogP contribution in [-0.2, 0) is 6.42 Å². The standard InChI is InChI=1S/C15H17N3O/c1-2-19-15-13(6-4-10-17-15)18-12-8-7-11-5-3-9-16-14(11)12/h3-6,9-10,12,18H,2,7-8H2,1H3. The van der Waals surface area contributed by atoms with Crippen molar-refractivity contribution in [3.63, 3.8) is 0 Å². The molecule has 0 amide bonds. The average molecular weight is 255 g/mol. The molecule has 4 nitrogen and oxygen atoms in total. The molecule has 1 aliphatic carbocycles. The number of anilines is 1. The molecule has 1 aliphatic rings. The third-order valence-electron chi connectivity index (χ3n) is 3.34. The molecule has 3 rings (SSSR count). The predicted molar refractivity (Wildman–Crippen MR) is 74.3 cm³/mol. The number of aryl methyl sites for hydroxylation is 1.